The lowest BCUT2D eigenvalue weighted by Crippen LogP contribution is -2.40. The number of aryl methyl sites for hydroxylation is 3. The molecule has 0 aliphatic rings. The molecular weight excluding hydrogens is 306 g/mol. The van der Waals surface area contributed by atoms with Gasteiger partial charge in [-0.05, 0) is 52.6 Å². The monoisotopic (exact) mass is 333 g/mol. The third-order valence-electron chi connectivity index (χ3n) is 3.89. The van der Waals surface area contributed by atoms with Gasteiger partial charge >= 0.3 is 6.03 Å². The van der Waals surface area contributed by atoms with Crippen molar-refractivity contribution in [2.45, 2.75) is 32.9 Å². The molecule has 0 aromatic carbocycles. The average Bonchev–Trinajstić information content (AvgIpc) is 3.14. The van der Waals surface area contributed by atoms with Crippen LogP contribution in [-0.4, -0.2) is 47.9 Å². The molecule has 2 amide bonds. The highest BCUT2D eigenvalue weighted by Gasteiger charge is 2.17. The lowest BCUT2D eigenvalue weighted by Gasteiger charge is -2.22. The molecule has 2 aromatic heterocycles. The van der Waals surface area contributed by atoms with Crippen LogP contribution in [0.3, 0.4) is 0 Å². The molecule has 7 heteroatoms. The first-order chi connectivity index (χ1) is 11.5. The summed E-state index contributed by atoms with van der Waals surface area (Å²) in [5, 5.41) is 10.2. The summed E-state index contributed by atoms with van der Waals surface area (Å²) in [5.41, 5.74) is 2.16. The highest BCUT2D eigenvalue weighted by Crippen LogP contribution is 2.17. The van der Waals surface area contributed by atoms with Crippen LogP contribution in [0.1, 0.15) is 29.6 Å². The van der Waals surface area contributed by atoms with E-state index in [9.17, 15) is 4.79 Å². The largest absolute Gasteiger partial charge is 0.468 e. The Morgan fingerprint density at radius 2 is 2.17 bits per heavy atom. The molecule has 0 aliphatic carbocycles. The molecule has 2 rings (SSSR count). The first-order valence-corrected chi connectivity index (χ1v) is 8.20. The Morgan fingerprint density at radius 3 is 2.75 bits per heavy atom. The van der Waals surface area contributed by atoms with Crippen molar-refractivity contribution in [1.82, 2.24) is 25.3 Å². The summed E-state index contributed by atoms with van der Waals surface area (Å²) in [5.74, 6) is 0.838. The second-order valence-electron chi connectivity index (χ2n) is 6.14. The highest BCUT2D eigenvalue weighted by molar-refractivity contribution is 5.73. The van der Waals surface area contributed by atoms with Gasteiger partial charge in [-0.2, -0.15) is 5.10 Å². The van der Waals surface area contributed by atoms with E-state index in [1.54, 1.807) is 6.26 Å². The van der Waals surface area contributed by atoms with Crippen LogP contribution in [0.2, 0.25) is 0 Å². The fraction of sp³-hybridized carbons (Fsp3) is 0.529. The zero-order valence-corrected chi connectivity index (χ0v) is 14.9. The Morgan fingerprint density at radius 1 is 1.38 bits per heavy atom. The normalized spacial score (nSPS) is 12.4. The van der Waals surface area contributed by atoms with Gasteiger partial charge in [0.05, 0.1) is 18.0 Å². The van der Waals surface area contributed by atoms with E-state index in [1.807, 2.05) is 49.7 Å². The number of aromatic nitrogens is 2. The molecule has 0 aliphatic heterocycles. The lowest BCUT2D eigenvalue weighted by atomic mass is 10.2. The van der Waals surface area contributed by atoms with Gasteiger partial charge < -0.3 is 15.1 Å². The Kier molecular flexibility index (Phi) is 6.43. The Balaban J connectivity index is 1.68. The maximum absolute atomic E-state index is 11.9. The molecule has 0 bridgehead atoms. The van der Waals surface area contributed by atoms with Crippen LogP contribution >= 0.6 is 0 Å². The molecule has 24 heavy (non-hydrogen) atoms. The molecule has 2 aromatic rings. The predicted octanol–water partition coefficient (Wildman–Crippen LogP) is 2.09. The van der Waals surface area contributed by atoms with E-state index in [0.717, 1.165) is 30.1 Å². The van der Waals surface area contributed by atoms with Crippen molar-refractivity contribution in [1.29, 1.82) is 0 Å². The number of urea groups is 1. The number of amides is 2. The van der Waals surface area contributed by atoms with Crippen molar-refractivity contribution >= 4 is 6.03 Å². The summed E-state index contributed by atoms with van der Waals surface area (Å²) in [6, 6.07) is 5.67. The molecule has 0 spiro atoms. The number of hydrogen-bond acceptors (Lipinski definition) is 4. The second-order valence-corrected chi connectivity index (χ2v) is 6.14. The zero-order chi connectivity index (χ0) is 17.5. The van der Waals surface area contributed by atoms with Crippen LogP contribution in [0.4, 0.5) is 4.79 Å². The van der Waals surface area contributed by atoms with E-state index in [2.05, 4.69) is 21.8 Å². The quantitative estimate of drug-likeness (QED) is 0.725. The summed E-state index contributed by atoms with van der Waals surface area (Å²) in [6.45, 7) is 5.92. The summed E-state index contributed by atoms with van der Waals surface area (Å²) >= 11 is 0. The minimum absolute atomic E-state index is 0.0143. The van der Waals surface area contributed by atoms with Crippen molar-refractivity contribution in [3.05, 3.63) is 41.6 Å². The second kappa shape index (κ2) is 8.54. The third-order valence-corrected chi connectivity index (χ3v) is 3.89. The van der Waals surface area contributed by atoms with Crippen LogP contribution in [0.25, 0.3) is 0 Å². The Hall–Kier alpha value is -2.28. The van der Waals surface area contributed by atoms with Gasteiger partial charge in [0, 0.05) is 25.3 Å². The van der Waals surface area contributed by atoms with Gasteiger partial charge in [-0.3, -0.25) is 9.58 Å². The number of nitrogens with zero attached hydrogens (tertiary/aromatic N) is 3. The molecular formula is C17H27N5O2. The number of rotatable bonds is 8. The van der Waals surface area contributed by atoms with Crippen molar-refractivity contribution in [2.24, 2.45) is 0 Å². The first-order valence-electron chi connectivity index (χ1n) is 8.20. The van der Waals surface area contributed by atoms with E-state index in [0.29, 0.717) is 13.1 Å². The molecule has 1 unspecified atom stereocenters. The minimum atomic E-state index is -0.165. The van der Waals surface area contributed by atoms with Crippen LogP contribution < -0.4 is 10.6 Å². The number of carbonyl (C=O) groups excluding carboxylic acids is 1. The van der Waals surface area contributed by atoms with Crippen LogP contribution in [-0.2, 0) is 6.54 Å². The maximum atomic E-state index is 11.9. The molecule has 2 heterocycles. The minimum Gasteiger partial charge on any atom is -0.468 e. The molecule has 1 atom stereocenters. The standard InChI is InChI=1S/C17H27N5O2/c1-13-11-14(2)22(20-13)9-6-8-18-17(23)19-12-15(21(3)4)16-7-5-10-24-16/h5,7,10-11,15H,6,8-9,12H2,1-4H3,(H2,18,19,23). The molecule has 7 nitrogen and oxygen atoms in total. The summed E-state index contributed by atoms with van der Waals surface area (Å²) in [6.07, 6.45) is 2.48. The Labute approximate surface area is 143 Å². The van der Waals surface area contributed by atoms with Gasteiger partial charge in [0.15, 0.2) is 0 Å². The number of carbonyl (C=O) groups is 1. The molecule has 0 saturated carbocycles. The van der Waals surface area contributed by atoms with E-state index >= 15 is 0 Å². The summed E-state index contributed by atoms with van der Waals surface area (Å²) in [7, 11) is 3.92. The molecule has 2 N–H and O–H groups in total. The van der Waals surface area contributed by atoms with Crippen molar-refractivity contribution in [3.63, 3.8) is 0 Å². The van der Waals surface area contributed by atoms with Crippen molar-refractivity contribution in [3.8, 4) is 0 Å². The van der Waals surface area contributed by atoms with Gasteiger partial charge in [-0.15, -0.1) is 0 Å². The molecule has 0 fully saturated rings. The number of likely N-dealkylation sites (N-methyl/N-ethyl adjacent to an activating group) is 1. The van der Waals surface area contributed by atoms with Crippen LogP contribution in [0, 0.1) is 13.8 Å². The highest BCUT2D eigenvalue weighted by atomic mass is 16.3. The fourth-order valence-electron chi connectivity index (χ4n) is 2.60. The SMILES string of the molecule is Cc1cc(C)n(CCCNC(=O)NCC(c2ccco2)N(C)C)n1. The maximum Gasteiger partial charge on any atom is 0.314 e. The lowest BCUT2D eigenvalue weighted by molar-refractivity contribution is 0.225. The van der Waals surface area contributed by atoms with Gasteiger partial charge in [0.1, 0.15) is 5.76 Å². The van der Waals surface area contributed by atoms with E-state index < -0.39 is 0 Å². The summed E-state index contributed by atoms with van der Waals surface area (Å²) < 4.78 is 7.39. The van der Waals surface area contributed by atoms with Gasteiger partial charge in [-0.1, -0.05) is 0 Å². The topological polar surface area (TPSA) is 75.3 Å². The zero-order valence-electron chi connectivity index (χ0n) is 14.9. The van der Waals surface area contributed by atoms with E-state index in [1.165, 1.54) is 0 Å². The smallest absolute Gasteiger partial charge is 0.314 e. The average molecular weight is 333 g/mol. The summed E-state index contributed by atoms with van der Waals surface area (Å²) in [4.78, 5) is 13.9. The van der Waals surface area contributed by atoms with Gasteiger partial charge in [-0.25, -0.2) is 4.79 Å². The van der Waals surface area contributed by atoms with E-state index in [4.69, 9.17) is 4.42 Å². The number of furan rings is 1. The molecule has 132 valence electrons. The molecule has 0 saturated heterocycles. The number of hydrogen-bond donors (Lipinski definition) is 2. The van der Waals surface area contributed by atoms with Gasteiger partial charge in [0.25, 0.3) is 0 Å². The van der Waals surface area contributed by atoms with Gasteiger partial charge in [0.2, 0.25) is 0 Å². The fourth-order valence-corrected chi connectivity index (χ4v) is 2.60. The molecule has 0 radical (unpaired) electrons. The third kappa shape index (κ3) is 5.13. The Bertz CT molecular complexity index is 633. The number of nitrogens with one attached hydrogen (secondary N) is 2. The van der Waals surface area contributed by atoms with E-state index in [-0.39, 0.29) is 12.1 Å². The van der Waals surface area contributed by atoms with Crippen molar-refractivity contribution in [2.75, 3.05) is 27.2 Å². The van der Waals surface area contributed by atoms with Crippen molar-refractivity contribution < 1.29 is 9.21 Å². The first kappa shape index (κ1) is 18.1. The van der Waals surface area contributed by atoms with Crippen LogP contribution in [0.15, 0.2) is 28.9 Å². The predicted molar refractivity (Wildman–Crippen MR) is 92.9 cm³/mol. The van der Waals surface area contributed by atoms with Crippen LogP contribution in [0.5, 0.6) is 0 Å².